The van der Waals surface area contributed by atoms with Gasteiger partial charge in [0.05, 0.1) is 12.2 Å². The average molecular weight is 128 g/mol. The lowest BCUT2D eigenvalue weighted by Crippen LogP contribution is -2.06. The second-order valence-electron chi connectivity index (χ2n) is 3.01. The molecule has 2 fully saturated rings. The molecule has 9 heavy (non-hydrogen) atoms. The van der Waals surface area contributed by atoms with Crippen LogP contribution in [0.15, 0.2) is 0 Å². The van der Waals surface area contributed by atoms with Crippen LogP contribution in [-0.4, -0.2) is 25.9 Å². The van der Waals surface area contributed by atoms with E-state index in [1.54, 1.807) is 7.11 Å². The quantitative estimate of drug-likeness (QED) is 0.513. The Balaban J connectivity index is 1.77. The summed E-state index contributed by atoms with van der Waals surface area (Å²) in [6, 6.07) is 0. The lowest BCUT2D eigenvalue weighted by atomic mass is 10.1. The van der Waals surface area contributed by atoms with Gasteiger partial charge < -0.3 is 9.47 Å². The van der Waals surface area contributed by atoms with E-state index in [4.69, 9.17) is 9.47 Å². The summed E-state index contributed by atoms with van der Waals surface area (Å²) >= 11 is 0. The van der Waals surface area contributed by atoms with Gasteiger partial charge in [-0.25, -0.2) is 0 Å². The summed E-state index contributed by atoms with van der Waals surface area (Å²) in [6.45, 7) is 0.927. The SMILES string of the molecule is COCC1C[C@H]2O[C@@H]2C1. The molecule has 1 aliphatic heterocycles. The Morgan fingerprint density at radius 3 is 2.67 bits per heavy atom. The lowest BCUT2D eigenvalue weighted by Gasteiger charge is -2.07. The van der Waals surface area contributed by atoms with Crippen LogP contribution in [0.2, 0.25) is 0 Å². The van der Waals surface area contributed by atoms with E-state index in [1.165, 1.54) is 12.8 Å². The van der Waals surface area contributed by atoms with E-state index in [0.29, 0.717) is 12.2 Å². The Hall–Kier alpha value is -0.0800. The molecule has 2 heteroatoms. The number of hydrogen-bond acceptors (Lipinski definition) is 2. The van der Waals surface area contributed by atoms with E-state index in [-0.39, 0.29) is 0 Å². The number of hydrogen-bond donors (Lipinski definition) is 0. The summed E-state index contributed by atoms with van der Waals surface area (Å²) in [4.78, 5) is 0. The highest BCUT2D eigenvalue weighted by Crippen LogP contribution is 2.41. The molecule has 0 radical (unpaired) electrons. The summed E-state index contributed by atoms with van der Waals surface area (Å²) in [7, 11) is 1.77. The molecule has 0 spiro atoms. The van der Waals surface area contributed by atoms with Gasteiger partial charge in [-0.2, -0.15) is 0 Å². The Morgan fingerprint density at radius 2 is 2.11 bits per heavy atom. The zero-order valence-corrected chi connectivity index (χ0v) is 5.67. The van der Waals surface area contributed by atoms with Gasteiger partial charge in [-0.05, 0) is 18.8 Å². The largest absolute Gasteiger partial charge is 0.384 e. The number of rotatable bonds is 2. The van der Waals surface area contributed by atoms with E-state index >= 15 is 0 Å². The summed E-state index contributed by atoms with van der Waals surface area (Å²) in [6.07, 6.45) is 3.70. The molecule has 1 saturated heterocycles. The zero-order chi connectivity index (χ0) is 6.27. The molecule has 0 N–H and O–H groups in total. The number of fused-ring (bicyclic) bond motifs is 1. The van der Waals surface area contributed by atoms with Crippen LogP contribution in [-0.2, 0) is 9.47 Å². The highest BCUT2D eigenvalue weighted by Gasteiger charge is 2.47. The zero-order valence-electron chi connectivity index (χ0n) is 5.67. The van der Waals surface area contributed by atoms with Gasteiger partial charge in [0.1, 0.15) is 0 Å². The van der Waals surface area contributed by atoms with Gasteiger partial charge in [0.15, 0.2) is 0 Å². The first-order valence-electron chi connectivity index (χ1n) is 3.54. The van der Waals surface area contributed by atoms with Crippen molar-refractivity contribution in [3.05, 3.63) is 0 Å². The van der Waals surface area contributed by atoms with Crippen LogP contribution in [0.5, 0.6) is 0 Å². The predicted octanol–water partition coefficient (Wildman–Crippen LogP) is 0.810. The van der Waals surface area contributed by atoms with E-state index in [0.717, 1.165) is 12.5 Å². The molecule has 1 saturated carbocycles. The van der Waals surface area contributed by atoms with Crippen LogP contribution in [0, 0.1) is 5.92 Å². The van der Waals surface area contributed by atoms with Crippen molar-refractivity contribution in [2.45, 2.75) is 25.0 Å². The predicted molar refractivity (Wildman–Crippen MR) is 33.3 cm³/mol. The first kappa shape index (κ1) is 5.69. The molecule has 1 heterocycles. The third-order valence-electron chi connectivity index (χ3n) is 2.22. The Bertz CT molecular complexity index is 103. The molecule has 0 bridgehead atoms. The maximum Gasteiger partial charge on any atom is 0.0845 e. The van der Waals surface area contributed by atoms with E-state index < -0.39 is 0 Å². The van der Waals surface area contributed by atoms with Gasteiger partial charge in [-0.3, -0.25) is 0 Å². The summed E-state index contributed by atoms with van der Waals surface area (Å²) < 4.78 is 10.3. The summed E-state index contributed by atoms with van der Waals surface area (Å²) in [5.41, 5.74) is 0. The average Bonchev–Trinajstić information content (AvgIpc) is 2.42. The smallest absolute Gasteiger partial charge is 0.0845 e. The van der Waals surface area contributed by atoms with Crippen molar-refractivity contribution in [3.8, 4) is 0 Å². The van der Waals surface area contributed by atoms with Gasteiger partial charge in [-0.15, -0.1) is 0 Å². The third kappa shape index (κ3) is 0.970. The van der Waals surface area contributed by atoms with Crippen LogP contribution in [0.25, 0.3) is 0 Å². The fourth-order valence-electron chi connectivity index (χ4n) is 1.72. The van der Waals surface area contributed by atoms with Crippen molar-refractivity contribution in [1.29, 1.82) is 0 Å². The number of ether oxygens (including phenoxy) is 2. The highest BCUT2D eigenvalue weighted by molar-refractivity contribution is 4.95. The van der Waals surface area contributed by atoms with Crippen LogP contribution in [0.3, 0.4) is 0 Å². The van der Waals surface area contributed by atoms with Crippen molar-refractivity contribution in [1.82, 2.24) is 0 Å². The summed E-state index contributed by atoms with van der Waals surface area (Å²) in [5, 5.41) is 0. The standard InChI is InChI=1S/C7H12O2/c1-8-4-5-2-6-7(3-5)9-6/h5-7H,2-4H2,1H3/t6-,7-/m1/s1. The Labute approximate surface area is 55.1 Å². The van der Waals surface area contributed by atoms with E-state index in [9.17, 15) is 0 Å². The molecule has 0 unspecified atom stereocenters. The molecule has 2 rings (SSSR count). The van der Waals surface area contributed by atoms with Gasteiger partial charge in [0, 0.05) is 13.7 Å². The summed E-state index contributed by atoms with van der Waals surface area (Å²) in [5.74, 6) is 0.791. The minimum atomic E-state index is 0.616. The first-order valence-corrected chi connectivity index (χ1v) is 3.54. The highest BCUT2D eigenvalue weighted by atomic mass is 16.6. The monoisotopic (exact) mass is 128 g/mol. The molecule has 2 atom stereocenters. The van der Waals surface area contributed by atoms with E-state index in [2.05, 4.69) is 0 Å². The van der Waals surface area contributed by atoms with Crippen LogP contribution in [0.4, 0.5) is 0 Å². The molecular weight excluding hydrogens is 116 g/mol. The second kappa shape index (κ2) is 1.96. The molecule has 1 aliphatic carbocycles. The molecular formula is C7H12O2. The molecule has 0 aromatic heterocycles. The van der Waals surface area contributed by atoms with Crippen molar-refractivity contribution in [3.63, 3.8) is 0 Å². The van der Waals surface area contributed by atoms with Gasteiger partial charge >= 0.3 is 0 Å². The van der Waals surface area contributed by atoms with Crippen molar-refractivity contribution < 1.29 is 9.47 Å². The lowest BCUT2D eigenvalue weighted by molar-refractivity contribution is 0.130. The third-order valence-corrected chi connectivity index (χ3v) is 2.22. The molecule has 2 aliphatic rings. The van der Waals surface area contributed by atoms with Crippen LogP contribution in [0.1, 0.15) is 12.8 Å². The molecule has 52 valence electrons. The van der Waals surface area contributed by atoms with Gasteiger partial charge in [-0.1, -0.05) is 0 Å². The van der Waals surface area contributed by atoms with Gasteiger partial charge in [0.25, 0.3) is 0 Å². The molecule has 0 aromatic carbocycles. The Kier molecular flexibility index (Phi) is 1.24. The minimum Gasteiger partial charge on any atom is -0.384 e. The van der Waals surface area contributed by atoms with Gasteiger partial charge in [0.2, 0.25) is 0 Å². The molecule has 2 nitrogen and oxygen atoms in total. The first-order chi connectivity index (χ1) is 4.40. The van der Waals surface area contributed by atoms with Crippen molar-refractivity contribution in [2.75, 3.05) is 13.7 Å². The fourth-order valence-corrected chi connectivity index (χ4v) is 1.72. The van der Waals surface area contributed by atoms with Crippen molar-refractivity contribution in [2.24, 2.45) is 5.92 Å². The normalized spacial score (nSPS) is 41.0. The van der Waals surface area contributed by atoms with Crippen molar-refractivity contribution >= 4 is 0 Å². The van der Waals surface area contributed by atoms with Crippen LogP contribution >= 0.6 is 0 Å². The topological polar surface area (TPSA) is 21.8 Å². The Morgan fingerprint density at radius 1 is 1.44 bits per heavy atom. The fraction of sp³-hybridized carbons (Fsp3) is 1.00. The molecule has 0 aromatic rings. The number of methoxy groups -OCH3 is 1. The molecule has 0 amide bonds. The maximum atomic E-state index is 5.27. The second-order valence-corrected chi connectivity index (χ2v) is 3.01. The van der Waals surface area contributed by atoms with E-state index in [1.807, 2.05) is 0 Å². The minimum absolute atomic E-state index is 0.616. The van der Waals surface area contributed by atoms with Crippen LogP contribution < -0.4 is 0 Å². The number of epoxide rings is 1. The maximum absolute atomic E-state index is 5.27.